The van der Waals surface area contributed by atoms with Crippen LogP contribution in [0.25, 0.3) is 0 Å². The number of anilines is 2. The molecule has 0 aliphatic rings. The van der Waals surface area contributed by atoms with E-state index in [0.717, 1.165) is 12.8 Å². The first-order valence-corrected chi connectivity index (χ1v) is 9.70. The van der Waals surface area contributed by atoms with Crippen LogP contribution in [0.3, 0.4) is 0 Å². The summed E-state index contributed by atoms with van der Waals surface area (Å²) in [4.78, 5) is 45.4. The average molecular weight is 408 g/mol. The van der Waals surface area contributed by atoms with Crippen LogP contribution >= 0.6 is 11.6 Å². The third-order valence-electron chi connectivity index (χ3n) is 4.37. The first kappa shape index (κ1) is 21.7. The van der Waals surface area contributed by atoms with Gasteiger partial charge < -0.3 is 10.6 Å². The number of pyridine rings is 1. The molecule has 0 bridgehead atoms. The number of aromatic nitrogens is 3. The predicted octanol–water partition coefficient (Wildman–Crippen LogP) is 2.66. The summed E-state index contributed by atoms with van der Waals surface area (Å²) in [6.45, 7) is 6.66. The Hall–Kier alpha value is -2.61. The maximum Gasteiger partial charge on any atom is 0.330 e. The molecule has 0 aromatic carbocycles. The quantitative estimate of drug-likeness (QED) is 0.653. The molecule has 152 valence electrons. The molecule has 0 radical (unpaired) electrons. The summed E-state index contributed by atoms with van der Waals surface area (Å²) in [6.07, 6.45) is 3.58. The number of H-pyrrole nitrogens is 1. The third-order valence-corrected chi connectivity index (χ3v) is 4.59. The van der Waals surface area contributed by atoms with E-state index in [1.165, 1.54) is 27.8 Å². The first-order valence-electron chi connectivity index (χ1n) is 9.32. The van der Waals surface area contributed by atoms with Crippen LogP contribution in [-0.4, -0.2) is 27.0 Å². The Labute approximate surface area is 168 Å². The van der Waals surface area contributed by atoms with Gasteiger partial charge in [0.05, 0.1) is 5.56 Å². The van der Waals surface area contributed by atoms with Crippen molar-refractivity contribution in [1.29, 1.82) is 0 Å². The van der Waals surface area contributed by atoms with Crippen molar-refractivity contribution < 1.29 is 4.79 Å². The molecule has 0 unspecified atom stereocenters. The molecule has 0 saturated carbocycles. The van der Waals surface area contributed by atoms with Gasteiger partial charge in [0.1, 0.15) is 11.0 Å². The minimum atomic E-state index is -0.686. The van der Waals surface area contributed by atoms with Crippen molar-refractivity contribution >= 4 is 29.0 Å². The second-order valence-electron chi connectivity index (χ2n) is 7.01. The second kappa shape index (κ2) is 9.54. The van der Waals surface area contributed by atoms with E-state index in [4.69, 9.17) is 17.3 Å². The number of nitrogens with two attached hydrogens (primary N) is 1. The largest absolute Gasteiger partial charge is 0.383 e. The molecule has 9 heteroatoms. The Kier molecular flexibility index (Phi) is 7.39. The average Bonchev–Trinajstić information content (AvgIpc) is 2.64. The van der Waals surface area contributed by atoms with Crippen LogP contribution in [-0.2, 0) is 6.54 Å². The van der Waals surface area contributed by atoms with Gasteiger partial charge in [0.15, 0.2) is 5.69 Å². The molecule has 1 amide bonds. The Morgan fingerprint density at radius 1 is 1.36 bits per heavy atom. The summed E-state index contributed by atoms with van der Waals surface area (Å²) in [5.41, 5.74) is 5.18. The lowest BCUT2D eigenvalue weighted by Gasteiger charge is -2.25. The van der Waals surface area contributed by atoms with Crippen molar-refractivity contribution in [3.63, 3.8) is 0 Å². The number of carbonyl (C=O) groups excluding carboxylic acids is 1. The van der Waals surface area contributed by atoms with Gasteiger partial charge in [0.2, 0.25) is 0 Å². The maximum absolute atomic E-state index is 13.1. The van der Waals surface area contributed by atoms with Crippen molar-refractivity contribution in [2.24, 2.45) is 5.92 Å². The minimum Gasteiger partial charge on any atom is -0.383 e. The van der Waals surface area contributed by atoms with Crippen molar-refractivity contribution in [3.8, 4) is 0 Å². The number of aromatic amines is 1. The van der Waals surface area contributed by atoms with Gasteiger partial charge in [-0.2, -0.15) is 0 Å². The minimum absolute atomic E-state index is 0.0128. The smallest absolute Gasteiger partial charge is 0.330 e. The molecule has 0 fully saturated rings. The second-order valence-corrected chi connectivity index (χ2v) is 7.39. The van der Waals surface area contributed by atoms with E-state index in [0.29, 0.717) is 18.9 Å². The molecule has 2 heterocycles. The number of hydrogen-bond donors (Lipinski definition) is 2. The molecule has 3 N–H and O–H groups in total. The van der Waals surface area contributed by atoms with Crippen LogP contribution in [0.1, 0.15) is 50.4 Å². The van der Waals surface area contributed by atoms with Crippen LogP contribution in [0.2, 0.25) is 5.15 Å². The first-order chi connectivity index (χ1) is 13.3. The standard InChI is InChI=1S/C19H26ClN5O3/c1-4-5-9-25-16(21)15(17(26)23-19(25)28)24(10-8-12(2)3)18(27)13-6-7-14(20)22-11-13/h6-7,11-12H,4-5,8-10,21H2,1-3H3,(H,23,26,28). The number of nitrogens with one attached hydrogen (secondary N) is 1. The van der Waals surface area contributed by atoms with Gasteiger partial charge in [-0.3, -0.25) is 19.1 Å². The van der Waals surface area contributed by atoms with Crippen LogP contribution in [0, 0.1) is 5.92 Å². The Morgan fingerprint density at radius 3 is 2.64 bits per heavy atom. The lowest BCUT2D eigenvalue weighted by atomic mass is 10.1. The monoisotopic (exact) mass is 407 g/mol. The molecule has 2 aromatic heterocycles. The fourth-order valence-electron chi connectivity index (χ4n) is 2.74. The molecule has 2 rings (SSSR count). The van der Waals surface area contributed by atoms with Crippen molar-refractivity contribution in [1.82, 2.24) is 14.5 Å². The number of amides is 1. The molecule has 0 aliphatic carbocycles. The normalized spacial score (nSPS) is 11.0. The van der Waals surface area contributed by atoms with Crippen molar-refractivity contribution in [2.45, 2.75) is 46.6 Å². The van der Waals surface area contributed by atoms with Crippen LogP contribution in [0.4, 0.5) is 11.5 Å². The van der Waals surface area contributed by atoms with E-state index in [2.05, 4.69) is 9.97 Å². The number of carbonyl (C=O) groups is 1. The van der Waals surface area contributed by atoms with E-state index in [9.17, 15) is 14.4 Å². The topological polar surface area (TPSA) is 114 Å². The van der Waals surface area contributed by atoms with Crippen LogP contribution in [0.5, 0.6) is 0 Å². The van der Waals surface area contributed by atoms with Crippen molar-refractivity contribution in [3.05, 3.63) is 49.9 Å². The number of unbranched alkanes of at least 4 members (excludes halogenated alkanes) is 1. The number of nitrogen functional groups attached to an aromatic ring is 1. The Bertz CT molecular complexity index is 934. The summed E-state index contributed by atoms with van der Waals surface area (Å²) in [5.74, 6) is -0.145. The summed E-state index contributed by atoms with van der Waals surface area (Å²) in [5, 5.41) is 0.260. The molecule has 0 spiro atoms. The fourth-order valence-corrected chi connectivity index (χ4v) is 2.85. The van der Waals surface area contributed by atoms with E-state index >= 15 is 0 Å². The summed E-state index contributed by atoms with van der Waals surface area (Å²) in [6, 6.07) is 3.04. The molecule has 0 atom stereocenters. The Balaban J connectivity index is 2.56. The third kappa shape index (κ3) is 5.01. The molecule has 0 aliphatic heterocycles. The molecule has 8 nitrogen and oxygen atoms in total. The highest BCUT2D eigenvalue weighted by molar-refractivity contribution is 6.29. The maximum atomic E-state index is 13.1. The molecular formula is C19H26ClN5O3. The van der Waals surface area contributed by atoms with Crippen molar-refractivity contribution in [2.75, 3.05) is 17.2 Å². The predicted molar refractivity (Wildman–Crippen MR) is 111 cm³/mol. The van der Waals surface area contributed by atoms with Gasteiger partial charge in [-0.15, -0.1) is 0 Å². The number of halogens is 1. The Morgan fingerprint density at radius 2 is 2.07 bits per heavy atom. The molecule has 2 aromatic rings. The van der Waals surface area contributed by atoms with Gasteiger partial charge in [-0.25, -0.2) is 9.78 Å². The summed E-state index contributed by atoms with van der Waals surface area (Å²) in [7, 11) is 0. The van der Waals surface area contributed by atoms with Gasteiger partial charge in [-0.05, 0) is 30.9 Å². The van der Waals surface area contributed by atoms with E-state index in [1.54, 1.807) is 0 Å². The fraction of sp³-hybridized carbons (Fsp3) is 0.474. The highest BCUT2D eigenvalue weighted by atomic mass is 35.5. The zero-order valence-corrected chi connectivity index (χ0v) is 17.1. The molecule has 0 saturated heterocycles. The highest BCUT2D eigenvalue weighted by Gasteiger charge is 2.25. The summed E-state index contributed by atoms with van der Waals surface area (Å²) < 4.78 is 1.30. The summed E-state index contributed by atoms with van der Waals surface area (Å²) >= 11 is 5.80. The van der Waals surface area contributed by atoms with Crippen LogP contribution in [0.15, 0.2) is 27.9 Å². The van der Waals surface area contributed by atoms with Crippen LogP contribution < -0.4 is 21.9 Å². The van der Waals surface area contributed by atoms with Gasteiger partial charge in [0, 0.05) is 19.3 Å². The lowest BCUT2D eigenvalue weighted by Crippen LogP contribution is -2.42. The van der Waals surface area contributed by atoms with E-state index in [-0.39, 0.29) is 28.8 Å². The number of nitrogens with zero attached hydrogens (tertiary/aromatic N) is 3. The zero-order valence-electron chi connectivity index (χ0n) is 16.4. The van der Waals surface area contributed by atoms with E-state index < -0.39 is 17.2 Å². The van der Waals surface area contributed by atoms with Gasteiger partial charge in [0.25, 0.3) is 11.5 Å². The number of hydrogen-bond acceptors (Lipinski definition) is 5. The molecule has 28 heavy (non-hydrogen) atoms. The lowest BCUT2D eigenvalue weighted by molar-refractivity contribution is 0.0985. The highest BCUT2D eigenvalue weighted by Crippen LogP contribution is 2.21. The van der Waals surface area contributed by atoms with Gasteiger partial charge in [-0.1, -0.05) is 38.8 Å². The van der Waals surface area contributed by atoms with Gasteiger partial charge >= 0.3 is 5.69 Å². The number of rotatable bonds is 8. The SMILES string of the molecule is CCCCn1c(N)c(N(CCC(C)C)C(=O)c2ccc(Cl)nc2)c(=O)[nH]c1=O. The van der Waals surface area contributed by atoms with E-state index in [1.807, 2.05) is 20.8 Å². The molecular weight excluding hydrogens is 382 g/mol. The zero-order chi connectivity index (χ0) is 20.8.